The van der Waals surface area contributed by atoms with Gasteiger partial charge in [-0.15, -0.1) is 0 Å². The van der Waals surface area contributed by atoms with E-state index in [2.05, 4.69) is 61.6 Å². The molecule has 1 aromatic carbocycles. The Balaban J connectivity index is 1.23. The van der Waals surface area contributed by atoms with Crippen LogP contribution in [0.15, 0.2) is 30.5 Å². The minimum absolute atomic E-state index is 0.154. The second-order valence-electron chi connectivity index (χ2n) is 10.0. The molecule has 4 aliphatic rings. The number of nitrogens with zero attached hydrogens (tertiary/aromatic N) is 5. The summed E-state index contributed by atoms with van der Waals surface area (Å²) in [6.07, 6.45) is 8.20. The number of likely N-dealkylation sites (N-methyl/N-ethyl adjacent to an activating group) is 1. The Kier molecular flexibility index (Phi) is 5.13. The number of fused-ring (bicyclic) bond motifs is 1. The lowest BCUT2D eigenvalue weighted by molar-refractivity contribution is -0.123. The average molecular weight is 448 g/mol. The quantitative estimate of drug-likeness (QED) is 0.746. The first-order chi connectivity index (χ1) is 16.1. The third kappa shape index (κ3) is 3.60. The van der Waals surface area contributed by atoms with Crippen molar-refractivity contribution in [2.45, 2.75) is 50.1 Å². The van der Waals surface area contributed by atoms with Crippen molar-refractivity contribution in [3.05, 3.63) is 36.0 Å². The molecule has 3 aliphatic heterocycles. The molecule has 3 fully saturated rings. The zero-order valence-electron chi connectivity index (χ0n) is 19.4. The van der Waals surface area contributed by atoms with Crippen molar-refractivity contribution in [2.75, 3.05) is 54.9 Å². The molecule has 8 heteroatoms. The molecule has 33 heavy (non-hydrogen) atoms. The number of nitrogens with one attached hydrogen (secondary N) is 2. The zero-order valence-corrected chi connectivity index (χ0v) is 19.4. The Morgan fingerprint density at radius 3 is 2.55 bits per heavy atom. The molecule has 174 valence electrons. The summed E-state index contributed by atoms with van der Waals surface area (Å²) in [6, 6.07) is 8.93. The van der Waals surface area contributed by atoms with E-state index < -0.39 is 5.54 Å². The highest BCUT2D eigenvalue weighted by molar-refractivity contribution is 5.94. The number of piperazine rings is 1. The lowest BCUT2D eigenvalue weighted by atomic mass is 9.91. The van der Waals surface area contributed by atoms with E-state index in [1.807, 2.05) is 6.20 Å². The largest absolute Gasteiger partial charge is 0.369 e. The first-order valence-corrected chi connectivity index (χ1v) is 12.4. The Hall–Kier alpha value is -2.87. The van der Waals surface area contributed by atoms with Gasteiger partial charge in [0.2, 0.25) is 11.9 Å². The summed E-state index contributed by atoms with van der Waals surface area (Å²) >= 11 is 0. The fourth-order valence-corrected chi connectivity index (χ4v) is 6.09. The van der Waals surface area contributed by atoms with E-state index in [0.29, 0.717) is 18.4 Å². The van der Waals surface area contributed by atoms with Gasteiger partial charge in [-0.2, -0.15) is 4.98 Å². The number of anilines is 4. The summed E-state index contributed by atoms with van der Waals surface area (Å²) in [5.41, 5.74) is 2.85. The van der Waals surface area contributed by atoms with Crippen molar-refractivity contribution in [2.24, 2.45) is 0 Å². The van der Waals surface area contributed by atoms with Gasteiger partial charge < -0.3 is 25.3 Å². The van der Waals surface area contributed by atoms with Crippen LogP contribution in [0, 0.1) is 0 Å². The average Bonchev–Trinajstić information content (AvgIpc) is 3.55. The van der Waals surface area contributed by atoms with Crippen LogP contribution in [0.4, 0.5) is 23.1 Å². The minimum atomic E-state index is -0.477. The van der Waals surface area contributed by atoms with Crippen molar-refractivity contribution in [1.29, 1.82) is 0 Å². The van der Waals surface area contributed by atoms with Crippen LogP contribution in [0.2, 0.25) is 0 Å². The van der Waals surface area contributed by atoms with Gasteiger partial charge in [-0.3, -0.25) is 4.79 Å². The van der Waals surface area contributed by atoms with E-state index in [-0.39, 0.29) is 5.91 Å². The maximum Gasteiger partial charge on any atom is 0.246 e. The van der Waals surface area contributed by atoms with Crippen LogP contribution in [-0.2, 0) is 11.2 Å². The Morgan fingerprint density at radius 1 is 1.09 bits per heavy atom. The maximum atomic E-state index is 13.0. The number of amides is 1. The van der Waals surface area contributed by atoms with E-state index in [1.165, 1.54) is 18.5 Å². The van der Waals surface area contributed by atoms with Gasteiger partial charge in [0.15, 0.2) is 0 Å². The van der Waals surface area contributed by atoms with Crippen LogP contribution >= 0.6 is 0 Å². The fourth-order valence-electron chi connectivity index (χ4n) is 6.09. The van der Waals surface area contributed by atoms with Gasteiger partial charge in [-0.05, 0) is 50.6 Å². The smallest absolute Gasteiger partial charge is 0.246 e. The molecular formula is C25H33N7O. The summed E-state index contributed by atoms with van der Waals surface area (Å²) in [4.78, 5) is 29.7. The van der Waals surface area contributed by atoms with Crippen LogP contribution in [0.25, 0.3) is 0 Å². The SMILES string of the molecule is CN1CCN(c2ccc(Nc3ncc4c(n3)N(C3CCCC3)[C@]3(CCNC3=O)C4)cc2)CC1. The standard InChI is InChI=1S/C25H33N7O/c1-30-12-14-31(15-13-30)20-8-6-19(7-9-20)28-24-27-17-18-16-25(10-11-26-23(25)33)32(22(18)29-24)21-4-2-3-5-21/h6-9,17,21H,2-5,10-16H2,1H3,(H,26,33)(H,27,28,29)/t25-/m1/s1. The number of carbonyl (C=O) groups excluding carboxylic acids is 1. The van der Waals surface area contributed by atoms with Gasteiger partial charge in [-0.1, -0.05) is 12.8 Å². The normalized spacial score (nSPS) is 25.7. The molecular weight excluding hydrogens is 414 g/mol. The fraction of sp³-hybridized carbons (Fsp3) is 0.560. The lowest BCUT2D eigenvalue weighted by Crippen LogP contribution is -2.56. The molecule has 4 heterocycles. The maximum absolute atomic E-state index is 13.0. The molecule has 1 aromatic heterocycles. The van der Waals surface area contributed by atoms with Gasteiger partial charge in [0.05, 0.1) is 0 Å². The molecule has 1 spiro atoms. The molecule has 2 N–H and O–H groups in total. The van der Waals surface area contributed by atoms with Crippen LogP contribution in [0.1, 0.15) is 37.7 Å². The third-order valence-electron chi connectivity index (χ3n) is 7.94. The highest BCUT2D eigenvalue weighted by atomic mass is 16.2. The van der Waals surface area contributed by atoms with Crippen LogP contribution in [0.3, 0.4) is 0 Å². The molecule has 6 rings (SSSR count). The van der Waals surface area contributed by atoms with Crippen molar-refractivity contribution in [3.63, 3.8) is 0 Å². The van der Waals surface area contributed by atoms with Gasteiger partial charge in [-0.25, -0.2) is 4.98 Å². The number of benzene rings is 1. The predicted octanol–water partition coefficient (Wildman–Crippen LogP) is 2.54. The summed E-state index contributed by atoms with van der Waals surface area (Å²) in [5.74, 6) is 1.70. The predicted molar refractivity (Wildman–Crippen MR) is 130 cm³/mol. The van der Waals surface area contributed by atoms with E-state index in [9.17, 15) is 4.79 Å². The van der Waals surface area contributed by atoms with Crippen molar-refractivity contribution in [1.82, 2.24) is 20.2 Å². The molecule has 1 amide bonds. The van der Waals surface area contributed by atoms with Crippen molar-refractivity contribution >= 4 is 29.0 Å². The lowest BCUT2D eigenvalue weighted by Gasteiger charge is -2.38. The zero-order chi connectivity index (χ0) is 22.4. The van der Waals surface area contributed by atoms with E-state index in [1.54, 1.807) is 0 Å². The minimum Gasteiger partial charge on any atom is -0.369 e. The molecule has 1 atom stereocenters. The van der Waals surface area contributed by atoms with Crippen LogP contribution in [0.5, 0.6) is 0 Å². The Morgan fingerprint density at radius 2 is 1.85 bits per heavy atom. The van der Waals surface area contributed by atoms with Crippen molar-refractivity contribution < 1.29 is 4.79 Å². The molecule has 0 radical (unpaired) electrons. The first kappa shape index (κ1) is 20.7. The summed E-state index contributed by atoms with van der Waals surface area (Å²) in [6.45, 7) is 5.06. The number of rotatable bonds is 4. The molecule has 1 aliphatic carbocycles. The molecule has 8 nitrogen and oxygen atoms in total. The number of hydrogen-bond donors (Lipinski definition) is 2. The molecule has 1 saturated carbocycles. The van der Waals surface area contributed by atoms with Crippen LogP contribution in [-0.4, -0.2) is 72.1 Å². The highest BCUT2D eigenvalue weighted by Gasteiger charge is 2.55. The highest BCUT2D eigenvalue weighted by Crippen LogP contribution is 2.46. The number of hydrogen-bond acceptors (Lipinski definition) is 7. The summed E-state index contributed by atoms with van der Waals surface area (Å²) in [7, 11) is 2.18. The van der Waals surface area contributed by atoms with E-state index in [0.717, 1.165) is 69.1 Å². The molecule has 2 aromatic rings. The molecule has 2 saturated heterocycles. The van der Waals surface area contributed by atoms with E-state index >= 15 is 0 Å². The second kappa shape index (κ2) is 8.17. The third-order valence-corrected chi connectivity index (χ3v) is 7.94. The molecule has 0 bridgehead atoms. The van der Waals surface area contributed by atoms with Crippen molar-refractivity contribution in [3.8, 4) is 0 Å². The van der Waals surface area contributed by atoms with E-state index in [4.69, 9.17) is 4.98 Å². The van der Waals surface area contributed by atoms with Gasteiger partial charge in [0.1, 0.15) is 11.4 Å². The van der Waals surface area contributed by atoms with Gasteiger partial charge in [0, 0.05) is 68.3 Å². The van der Waals surface area contributed by atoms with Gasteiger partial charge in [0.25, 0.3) is 0 Å². The summed E-state index contributed by atoms with van der Waals surface area (Å²) in [5, 5.41) is 6.47. The monoisotopic (exact) mass is 447 g/mol. The topological polar surface area (TPSA) is 76.6 Å². The van der Waals surface area contributed by atoms with Gasteiger partial charge >= 0.3 is 0 Å². The first-order valence-electron chi connectivity index (χ1n) is 12.4. The Labute approximate surface area is 195 Å². The summed E-state index contributed by atoms with van der Waals surface area (Å²) < 4.78 is 0. The Bertz CT molecular complexity index is 1030. The second-order valence-corrected chi connectivity index (χ2v) is 10.0. The number of carbonyl (C=O) groups is 1. The van der Waals surface area contributed by atoms with Crippen LogP contribution < -0.4 is 20.4 Å². The number of aromatic nitrogens is 2. The molecule has 0 unspecified atom stereocenters.